The molecule has 106 valence electrons. The summed E-state index contributed by atoms with van der Waals surface area (Å²) in [5.74, 6) is -0.396. The Morgan fingerprint density at radius 1 is 1.40 bits per heavy atom. The quantitative estimate of drug-likeness (QED) is 0.335. The van der Waals surface area contributed by atoms with Gasteiger partial charge in [-0.15, -0.1) is 24.9 Å². The van der Waals surface area contributed by atoms with E-state index in [1.54, 1.807) is 24.3 Å². The third-order valence-corrected chi connectivity index (χ3v) is 3.34. The lowest BCUT2D eigenvalue weighted by Crippen LogP contribution is -2.31. The van der Waals surface area contributed by atoms with E-state index in [1.165, 1.54) is 22.7 Å². The summed E-state index contributed by atoms with van der Waals surface area (Å²) in [6.45, 7) is 7.79. The maximum absolute atomic E-state index is 12.4. The van der Waals surface area contributed by atoms with E-state index in [-0.39, 0.29) is 11.3 Å². The number of hydrogen-bond acceptors (Lipinski definition) is 4. The number of carbonyl (C=O) groups excluding carboxylic acids is 1. The third-order valence-electron chi connectivity index (χ3n) is 2.62. The van der Waals surface area contributed by atoms with E-state index in [1.807, 2.05) is 6.26 Å². The minimum Gasteiger partial charge on any atom is -0.331 e. The van der Waals surface area contributed by atoms with E-state index >= 15 is 0 Å². The van der Waals surface area contributed by atoms with Crippen LogP contribution in [0.1, 0.15) is 10.4 Å². The number of carbonyl (C=O) groups is 1. The molecule has 0 atom stereocenters. The zero-order valence-corrected chi connectivity index (χ0v) is 12.1. The Kier molecular flexibility index (Phi) is 5.99. The number of benzene rings is 1. The maximum Gasteiger partial charge on any atom is 0.282 e. The summed E-state index contributed by atoms with van der Waals surface area (Å²) in [7, 11) is 0. The van der Waals surface area contributed by atoms with Gasteiger partial charge in [-0.05, 0) is 18.4 Å². The van der Waals surface area contributed by atoms with Crippen molar-refractivity contribution in [1.82, 2.24) is 4.90 Å². The number of nitrogens with zero attached hydrogens (tertiary/aromatic N) is 2. The van der Waals surface area contributed by atoms with E-state index in [0.717, 1.165) is 4.90 Å². The summed E-state index contributed by atoms with van der Waals surface area (Å²) >= 11 is 1.43. The molecule has 20 heavy (non-hydrogen) atoms. The van der Waals surface area contributed by atoms with Gasteiger partial charge in [0, 0.05) is 24.1 Å². The Labute approximate surface area is 122 Å². The van der Waals surface area contributed by atoms with Crippen LogP contribution in [0.4, 0.5) is 5.69 Å². The molecule has 1 rings (SSSR count). The Balaban J connectivity index is 3.26. The summed E-state index contributed by atoms with van der Waals surface area (Å²) in [6, 6.07) is 4.54. The highest BCUT2D eigenvalue weighted by atomic mass is 32.2. The minimum atomic E-state index is -0.544. The molecule has 1 amide bonds. The zero-order valence-electron chi connectivity index (χ0n) is 11.2. The molecule has 1 aromatic rings. The molecule has 0 aromatic heterocycles. The number of nitro groups is 1. The summed E-state index contributed by atoms with van der Waals surface area (Å²) in [5, 5.41) is 11.1. The van der Waals surface area contributed by atoms with Gasteiger partial charge >= 0.3 is 0 Å². The molecule has 0 aliphatic carbocycles. The fraction of sp³-hybridized carbons (Fsp3) is 0.214. The summed E-state index contributed by atoms with van der Waals surface area (Å²) < 4.78 is 0. The third kappa shape index (κ3) is 3.71. The standard InChI is InChI=1S/C14H16N2O3S/c1-4-8-15(9-5-2)14(17)12-10-11(20-3)6-7-13(12)16(18)19/h4-7,10H,1-2,8-9H2,3H3. The van der Waals surface area contributed by atoms with Gasteiger partial charge < -0.3 is 4.90 Å². The lowest BCUT2D eigenvalue weighted by Gasteiger charge is -2.19. The predicted octanol–water partition coefficient (Wildman–Crippen LogP) is 3.13. The molecule has 0 aliphatic heterocycles. The van der Waals surface area contributed by atoms with Crippen LogP contribution in [-0.2, 0) is 0 Å². The van der Waals surface area contributed by atoms with E-state index in [2.05, 4.69) is 13.2 Å². The highest BCUT2D eigenvalue weighted by Crippen LogP contribution is 2.26. The Morgan fingerprint density at radius 2 is 2.00 bits per heavy atom. The second kappa shape index (κ2) is 7.49. The number of rotatable bonds is 7. The Hall–Kier alpha value is -2.08. The molecule has 5 nitrogen and oxygen atoms in total. The van der Waals surface area contributed by atoms with Crippen LogP contribution in [0.2, 0.25) is 0 Å². The van der Waals surface area contributed by atoms with Crippen molar-refractivity contribution in [2.75, 3.05) is 19.3 Å². The van der Waals surface area contributed by atoms with Crippen LogP contribution in [0.3, 0.4) is 0 Å². The van der Waals surface area contributed by atoms with Gasteiger partial charge in [0.05, 0.1) is 4.92 Å². The molecule has 6 heteroatoms. The normalized spacial score (nSPS) is 9.85. The van der Waals surface area contributed by atoms with Gasteiger partial charge in [-0.25, -0.2) is 0 Å². The van der Waals surface area contributed by atoms with Crippen molar-refractivity contribution >= 4 is 23.4 Å². The van der Waals surface area contributed by atoms with E-state index in [9.17, 15) is 14.9 Å². The van der Waals surface area contributed by atoms with Gasteiger partial charge in [0.1, 0.15) is 5.56 Å². The fourth-order valence-electron chi connectivity index (χ4n) is 1.70. The van der Waals surface area contributed by atoms with Gasteiger partial charge in [-0.2, -0.15) is 0 Å². The van der Waals surface area contributed by atoms with Gasteiger partial charge in [0.2, 0.25) is 0 Å². The SMILES string of the molecule is C=CCN(CC=C)C(=O)c1cc(SC)ccc1[N+](=O)[O-]. The van der Waals surface area contributed by atoms with Crippen LogP contribution < -0.4 is 0 Å². The van der Waals surface area contributed by atoms with Gasteiger partial charge in [0.15, 0.2) is 0 Å². The minimum absolute atomic E-state index is 0.0885. The zero-order chi connectivity index (χ0) is 15.1. The molecule has 0 bridgehead atoms. The highest BCUT2D eigenvalue weighted by Gasteiger charge is 2.24. The largest absolute Gasteiger partial charge is 0.331 e. The molecule has 0 saturated carbocycles. The van der Waals surface area contributed by atoms with Crippen LogP contribution in [-0.4, -0.2) is 35.1 Å². The first kappa shape index (κ1) is 16.0. The summed E-state index contributed by atoms with van der Waals surface area (Å²) in [4.78, 5) is 25.2. The van der Waals surface area contributed by atoms with Crippen molar-refractivity contribution in [3.8, 4) is 0 Å². The van der Waals surface area contributed by atoms with Crippen molar-refractivity contribution in [1.29, 1.82) is 0 Å². The van der Waals surface area contributed by atoms with Gasteiger partial charge in [-0.1, -0.05) is 12.2 Å². The van der Waals surface area contributed by atoms with E-state index in [4.69, 9.17) is 0 Å². The van der Waals surface area contributed by atoms with Crippen molar-refractivity contribution in [2.24, 2.45) is 0 Å². The molecule has 0 radical (unpaired) electrons. The first-order valence-corrected chi connectivity index (χ1v) is 7.11. The van der Waals surface area contributed by atoms with Crippen molar-refractivity contribution in [2.45, 2.75) is 4.90 Å². The van der Waals surface area contributed by atoms with E-state index in [0.29, 0.717) is 13.1 Å². The smallest absolute Gasteiger partial charge is 0.282 e. The van der Waals surface area contributed by atoms with Gasteiger partial charge in [-0.3, -0.25) is 14.9 Å². The average molecular weight is 292 g/mol. The molecule has 0 heterocycles. The topological polar surface area (TPSA) is 63.5 Å². The lowest BCUT2D eigenvalue weighted by atomic mass is 10.1. The Bertz CT molecular complexity index is 533. The number of thioether (sulfide) groups is 1. The van der Waals surface area contributed by atoms with Crippen LogP contribution in [0, 0.1) is 10.1 Å². The van der Waals surface area contributed by atoms with Crippen molar-refractivity contribution < 1.29 is 9.72 Å². The maximum atomic E-state index is 12.4. The first-order chi connectivity index (χ1) is 9.54. The monoisotopic (exact) mass is 292 g/mol. The van der Waals surface area contributed by atoms with E-state index < -0.39 is 10.8 Å². The molecule has 0 saturated heterocycles. The van der Waals surface area contributed by atoms with Gasteiger partial charge in [0.25, 0.3) is 11.6 Å². The molecule has 0 N–H and O–H groups in total. The number of amides is 1. The van der Waals surface area contributed by atoms with Crippen molar-refractivity contribution in [3.05, 3.63) is 59.2 Å². The lowest BCUT2D eigenvalue weighted by molar-refractivity contribution is -0.385. The Morgan fingerprint density at radius 3 is 2.45 bits per heavy atom. The molecular weight excluding hydrogens is 276 g/mol. The number of nitro benzene ring substituents is 1. The van der Waals surface area contributed by atoms with Crippen LogP contribution in [0.5, 0.6) is 0 Å². The fourth-order valence-corrected chi connectivity index (χ4v) is 2.13. The molecule has 0 unspecified atom stereocenters. The molecular formula is C14H16N2O3S. The average Bonchev–Trinajstić information content (AvgIpc) is 2.45. The molecule has 0 spiro atoms. The molecule has 0 aliphatic rings. The van der Waals surface area contributed by atoms with Crippen LogP contribution >= 0.6 is 11.8 Å². The van der Waals surface area contributed by atoms with Crippen molar-refractivity contribution in [3.63, 3.8) is 0 Å². The van der Waals surface area contributed by atoms with Crippen LogP contribution in [0.25, 0.3) is 0 Å². The highest BCUT2D eigenvalue weighted by molar-refractivity contribution is 7.98. The summed E-state index contributed by atoms with van der Waals surface area (Å²) in [5.41, 5.74) is -0.100. The second-order valence-electron chi connectivity index (χ2n) is 3.93. The predicted molar refractivity (Wildman–Crippen MR) is 81.2 cm³/mol. The summed E-state index contributed by atoms with van der Waals surface area (Å²) in [6.07, 6.45) is 5.00. The number of hydrogen-bond donors (Lipinski definition) is 0. The molecule has 0 fully saturated rings. The molecule has 1 aromatic carbocycles. The van der Waals surface area contributed by atoms with Crippen LogP contribution in [0.15, 0.2) is 48.4 Å². The first-order valence-electron chi connectivity index (χ1n) is 5.88. The second-order valence-corrected chi connectivity index (χ2v) is 4.81.